The average Bonchev–Trinajstić information content (AvgIpc) is 2.92. The van der Waals surface area contributed by atoms with Gasteiger partial charge in [-0.2, -0.15) is 0 Å². The molecule has 0 fully saturated rings. The lowest BCUT2D eigenvalue weighted by molar-refractivity contribution is -0.385. The maximum absolute atomic E-state index is 10.7. The molecule has 0 saturated carbocycles. The fourth-order valence-corrected chi connectivity index (χ4v) is 1.32. The van der Waals surface area contributed by atoms with Crippen molar-refractivity contribution < 1.29 is 24.2 Å². The van der Waals surface area contributed by atoms with Gasteiger partial charge in [0, 0.05) is 0 Å². The predicted molar refractivity (Wildman–Crippen MR) is 75.5 cm³/mol. The van der Waals surface area contributed by atoms with Crippen LogP contribution in [-0.2, 0) is 16.0 Å². The minimum atomic E-state index is -0.550. The van der Waals surface area contributed by atoms with Crippen LogP contribution in [0.15, 0.2) is 6.20 Å². The molecule has 0 aromatic carbocycles. The highest BCUT2D eigenvalue weighted by Gasteiger charge is 2.19. The monoisotopic (exact) mass is 305 g/mol. The van der Waals surface area contributed by atoms with Gasteiger partial charge in [0.2, 0.25) is 0 Å². The number of aliphatic hydroxyl groups is 1. The van der Waals surface area contributed by atoms with Crippen LogP contribution in [0.3, 0.4) is 0 Å². The number of ether oxygens (including phenoxy) is 3. The summed E-state index contributed by atoms with van der Waals surface area (Å²) in [6.45, 7) is 5.78. The highest BCUT2D eigenvalue weighted by atomic mass is 16.6. The molecule has 1 aromatic rings. The molecule has 0 radical (unpaired) electrons. The molecule has 0 aliphatic rings. The summed E-state index contributed by atoms with van der Waals surface area (Å²) >= 11 is 0. The lowest BCUT2D eigenvalue weighted by atomic mass is 10.5. The first-order chi connectivity index (χ1) is 10.2. The molecular weight excluding hydrogens is 282 g/mol. The zero-order valence-corrected chi connectivity index (χ0v) is 12.7. The molecule has 1 heterocycles. The van der Waals surface area contributed by atoms with E-state index in [9.17, 15) is 10.1 Å². The number of aliphatic hydroxyl groups excluding tert-OH is 1. The first-order valence-electron chi connectivity index (χ1n) is 6.71. The number of aromatic nitrogens is 2. The predicted octanol–water partition coefficient (Wildman–Crippen LogP) is 0.852. The summed E-state index contributed by atoms with van der Waals surface area (Å²) in [5.74, 6) is -0.0173. The van der Waals surface area contributed by atoms with Gasteiger partial charge in [-0.1, -0.05) is 13.8 Å². The standard InChI is InChI=1S/C10H17N3O6.C2H6/c1-17-10-9(13(15)16)8-12(11-10)2-4-18-6-7-19-5-3-14;1-2/h8,14H,2-7H2,1H3;1-2H3. The van der Waals surface area contributed by atoms with Gasteiger partial charge in [0.15, 0.2) is 0 Å². The maximum atomic E-state index is 10.7. The van der Waals surface area contributed by atoms with Crippen LogP contribution in [0.4, 0.5) is 5.69 Å². The van der Waals surface area contributed by atoms with Crippen molar-refractivity contribution in [2.45, 2.75) is 20.4 Å². The van der Waals surface area contributed by atoms with E-state index in [1.807, 2.05) is 13.8 Å². The summed E-state index contributed by atoms with van der Waals surface area (Å²) < 4.78 is 16.4. The second-order valence-corrected chi connectivity index (χ2v) is 3.49. The van der Waals surface area contributed by atoms with Gasteiger partial charge in [0.1, 0.15) is 6.20 Å². The average molecular weight is 305 g/mol. The number of hydrogen-bond acceptors (Lipinski definition) is 7. The minimum absolute atomic E-state index is 0.0171. The van der Waals surface area contributed by atoms with Crippen molar-refractivity contribution in [3.8, 4) is 5.88 Å². The van der Waals surface area contributed by atoms with Crippen LogP contribution in [0.25, 0.3) is 0 Å². The summed E-state index contributed by atoms with van der Waals surface area (Å²) in [5.41, 5.74) is -0.172. The van der Waals surface area contributed by atoms with Gasteiger partial charge in [0.25, 0.3) is 0 Å². The molecule has 122 valence electrons. The second-order valence-electron chi connectivity index (χ2n) is 3.49. The smallest absolute Gasteiger partial charge is 0.350 e. The Hall–Kier alpha value is -1.71. The molecule has 0 bridgehead atoms. The third kappa shape index (κ3) is 7.59. The Morgan fingerprint density at radius 2 is 1.90 bits per heavy atom. The molecule has 1 rings (SSSR count). The minimum Gasteiger partial charge on any atom is -0.475 e. The molecule has 0 saturated heterocycles. The fraction of sp³-hybridized carbons (Fsp3) is 0.750. The first-order valence-corrected chi connectivity index (χ1v) is 6.71. The molecule has 9 heteroatoms. The van der Waals surface area contributed by atoms with Crippen molar-refractivity contribution in [1.29, 1.82) is 0 Å². The van der Waals surface area contributed by atoms with Gasteiger partial charge < -0.3 is 19.3 Å². The third-order valence-electron chi connectivity index (χ3n) is 2.17. The van der Waals surface area contributed by atoms with Gasteiger partial charge in [-0.3, -0.25) is 14.8 Å². The maximum Gasteiger partial charge on any atom is 0.350 e. The van der Waals surface area contributed by atoms with Gasteiger partial charge >= 0.3 is 11.6 Å². The summed E-state index contributed by atoms with van der Waals surface area (Å²) in [5, 5.41) is 23.1. The Labute approximate surface area is 123 Å². The molecule has 0 unspecified atom stereocenters. The van der Waals surface area contributed by atoms with Crippen LogP contribution in [0.1, 0.15) is 13.8 Å². The van der Waals surface area contributed by atoms with Crippen molar-refractivity contribution in [1.82, 2.24) is 9.78 Å². The second kappa shape index (κ2) is 12.1. The number of methoxy groups -OCH3 is 1. The lowest BCUT2D eigenvalue weighted by Crippen LogP contribution is -2.11. The van der Waals surface area contributed by atoms with Crippen molar-refractivity contribution in [2.24, 2.45) is 0 Å². The number of rotatable bonds is 10. The highest BCUT2D eigenvalue weighted by molar-refractivity contribution is 5.38. The van der Waals surface area contributed by atoms with Crippen molar-refractivity contribution in [3.63, 3.8) is 0 Å². The number of nitrogens with zero attached hydrogens (tertiary/aromatic N) is 3. The van der Waals surface area contributed by atoms with E-state index in [0.717, 1.165) is 0 Å². The largest absolute Gasteiger partial charge is 0.475 e. The SMILES string of the molecule is CC.COc1nn(CCOCCOCCO)cc1[N+](=O)[O-]. The third-order valence-corrected chi connectivity index (χ3v) is 2.17. The van der Waals surface area contributed by atoms with Crippen molar-refractivity contribution in [3.05, 3.63) is 16.3 Å². The zero-order valence-electron chi connectivity index (χ0n) is 12.7. The summed E-state index contributed by atoms with van der Waals surface area (Å²) in [6.07, 6.45) is 1.30. The molecule has 0 spiro atoms. The topological polar surface area (TPSA) is 109 Å². The molecule has 1 N–H and O–H groups in total. The van der Waals surface area contributed by atoms with E-state index in [1.165, 1.54) is 18.0 Å². The molecule has 0 aliphatic carbocycles. The van der Waals surface area contributed by atoms with E-state index in [2.05, 4.69) is 5.10 Å². The van der Waals surface area contributed by atoms with Crippen molar-refractivity contribution in [2.75, 3.05) is 40.1 Å². The number of hydrogen-bond donors (Lipinski definition) is 1. The zero-order chi connectivity index (χ0) is 16.1. The molecule has 21 heavy (non-hydrogen) atoms. The molecule has 0 atom stereocenters. The fourth-order valence-electron chi connectivity index (χ4n) is 1.32. The highest BCUT2D eigenvalue weighted by Crippen LogP contribution is 2.23. The normalized spacial score (nSPS) is 9.90. The Kier molecular flexibility index (Phi) is 11.1. The summed E-state index contributed by atoms with van der Waals surface area (Å²) in [4.78, 5) is 10.1. The quantitative estimate of drug-likeness (QED) is 0.388. The molecular formula is C12H23N3O6. The van der Waals surface area contributed by atoms with E-state index < -0.39 is 4.92 Å². The van der Waals surface area contributed by atoms with E-state index in [-0.39, 0.29) is 24.8 Å². The van der Waals surface area contributed by atoms with Crippen molar-refractivity contribution >= 4 is 5.69 Å². The Morgan fingerprint density at radius 3 is 2.38 bits per heavy atom. The lowest BCUT2D eigenvalue weighted by Gasteiger charge is -2.04. The van der Waals surface area contributed by atoms with Crippen LogP contribution in [0, 0.1) is 10.1 Å². The van der Waals surface area contributed by atoms with Crippen LogP contribution >= 0.6 is 0 Å². The van der Waals surface area contributed by atoms with Gasteiger partial charge in [-0.05, 0) is 0 Å². The van der Waals surface area contributed by atoms with Crippen LogP contribution in [-0.4, -0.2) is 60.0 Å². The number of nitro groups is 1. The molecule has 9 nitrogen and oxygen atoms in total. The van der Waals surface area contributed by atoms with Gasteiger partial charge in [0.05, 0.1) is 51.6 Å². The first kappa shape index (κ1) is 19.3. The van der Waals surface area contributed by atoms with E-state index in [0.29, 0.717) is 26.4 Å². The van der Waals surface area contributed by atoms with Crippen LogP contribution in [0.5, 0.6) is 5.88 Å². The Bertz CT molecular complexity index is 396. The molecule has 0 aliphatic heterocycles. The van der Waals surface area contributed by atoms with Gasteiger partial charge in [-0.25, -0.2) is 0 Å². The van der Waals surface area contributed by atoms with Gasteiger partial charge in [-0.15, -0.1) is 5.10 Å². The Balaban J connectivity index is 0.00000191. The van der Waals surface area contributed by atoms with E-state index in [4.69, 9.17) is 19.3 Å². The molecule has 1 aromatic heterocycles. The van der Waals surface area contributed by atoms with Crippen LogP contribution < -0.4 is 4.74 Å². The van der Waals surface area contributed by atoms with E-state index in [1.54, 1.807) is 0 Å². The Morgan fingerprint density at radius 1 is 1.29 bits per heavy atom. The molecule has 0 amide bonds. The van der Waals surface area contributed by atoms with Crippen LogP contribution in [0.2, 0.25) is 0 Å². The summed E-state index contributed by atoms with van der Waals surface area (Å²) in [7, 11) is 1.33. The summed E-state index contributed by atoms with van der Waals surface area (Å²) in [6, 6.07) is 0. The van der Waals surface area contributed by atoms with E-state index >= 15 is 0 Å².